The first-order valence-electron chi connectivity index (χ1n) is 6.87. The first-order valence-corrected chi connectivity index (χ1v) is 8.07. The SMILES string of the molecule is Cc1c(C(=O)O)sc2nc(C)n(Cc3ccccc3Cl)c(=O)c12. The number of thiophene rings is 1. The van der Waals surface area contributed by atoms with Gasteiger partial charge in [0, 0.05) is 5.02 Å². The van der Waals surface area contributed by atoms with Gasteiger partial charge in [-0.3, -0.25) is 9.36 Å². The van der Waals surface area contributed by atoms with E-state index in [0.29, 0.717) is 33.2 Å². The summed E-state index contributed by atoms with van der Waals surface area (Å²) in [7, 11) is 0. The summed E-state index contributed by atoms with van der Waals surface area (Å²) in [5.41, 5.74) is 1.03. The van der Waals surface area contributed by atoms with E-state index in [1.165, 1.54) is 4.57 Å². The molecule has 0 unspecified atom stereocenters. The Morgan fingerprint density at radius 2 is 2.04 bits per heavy atom. The van der Waals surface area contributed by atoms with Gasteiger partial charge < -0.3 is 5.11 Å². The molecule has 0 spiro atoms. The number of hydrogen-bond acceptors (Lipinski definition) is 4. The number of carboxylic acid groups (broad SMARTS) is 1. The molecule has 3 aromatic rings. The van der Waals surface area contributed by atoms with Crippen molar-refractivity contribution in [2.75, 3.05) is 0 Å². The number of aromatic nitrogens is 2. The standard InChI is InChI=1S/C16H13ClN2O3S/c1-8-12-14(23-13(8)16(21)22)18-9(2)19(15(12)20)7-10-5-3-4-6-11(10)17/h3-6H,7H2,1-2H3,(H,21,22). The third-order valence-corrected chi connectivity index (χ3v) is 5.26. The van der Waals surface area contributed by atoms with Gasteiger partial charge in [0.05, 0.1) is 11.9 Å². The molecule has 0 atom stereocenters. The Bertz CT molecular complexity index is 991. The lowest BCUT2D eigenvalue weighted by Crippen LogP contribution is -2.24. The maximum Gasteiger partial charge on any atom is 0.346 e. The molecule has 5 nitrogen and oxygen atoms in total. The zero-order valence-corrected chi connectivity index (χ0v) is 14.0. The second kappa shape index (κ2) is 5.79. The average Bonchev–Trinajstić information content (AvgIpc) is 2.82. The van der Waals surface area contributed by atoms with Crippen molar-refractivity contribution >= 4 is 39.1 Å². The van der Waals surface area contributed by atoms with E-state index in [-0.39, 0.29) is 10.4 Å². The Kier molecular flexibility index (Phi) is 3.95. The number of carboxylic acids is 1. The van der Waals surface area contributed by atoms with Gasteiger partial charge in [-0.25, -0.2) is 9.78 Å². The Morgan fingerprint density at radius 3 is 2.70 bits per heavy atom. The van der Waals surface area contributed by atoms with Crippen LogP contribution in [0.4, 0.5) is 0 Å². The fourth-order valence-corrected chi connectivity index (χ4v) is 3.76. The molecule has 1 aromatic carbocycles. The number of aromatic carboxylic acids is 1. The van der Waals surface area contributed by atoms with Gasteiger partial charge in [-0.15, -0.1) is 11.3 Å². The maximum absolute atomic E-state index is 12.8. The summed E-state index contributed by atoms with van der Waals surface area (Å²) >= 11 is 7.19. The van der Waals surface area contributed by atoms with Crippen LogP contribution in [0.3, 0.4) is 0 Å². The molecule has 2 heterocycles. The molecule has 3 rings (SSSR count). The lowest BCUT2D eigenvalue weighted by atomic mass is 10.2. The molecule has 0 radical (unpaired) electrons. The Labute approximate surface area is 140 Å². The smallest absolute Gasteiger partial charge is 0.346 e. The summed E-state index contributed by atoms with van der Waals surface area (Å²) < 4.78 is 1.52. The van der Waals surface area contributed by atoms with Crippen LogP contribution in [0.15, 0.2) is 29.1 Å². The highest BCUT2D eigenvalue weighted by Crippen LogP contribution is 2.27. The molecule has 0 aliphatic carbocycles. The van der Waals surface area contributed by atoms with Gasteiger partial charge >= 0.3 is 5.97 Å². The van der Waals surface area contributed by atoms with E-state index in [1.54, 1.807) is 19.9 Å². The summed E-state index contributed by atoms with van der Waals surface area (Å²) in [5.74, 6) is -0.513. The van der Waals surface area contributed by atoms with Crippen molar-refractivity contribution < 1.29 is 9.90 Å². The third kappa shape index (κ3) is 2.64. The number of aryl methyl sites for hydroxylation is 2. The summed E-state index contributed by atoms with van der Waals surface area (Å²) in [6, 6.07) is 7.29. The largest absolute Gasteiger partial charge is 0.477 e. The van der Waals surface area contributed by atoms with Crippen molar-refractivity contribution in [1.82, 2.24) is 9.55 Å². The first kappa shape index (κ1) is 15.7. The molecule has 1 N–H and O–H groups in total. The number of rotatable bonds is 3. The van der Waals surface area contributed by atoms with Gasteiger partial charge in [0.25, 0.3) is 5.56 Å². The third-order valence-electron chi connectivity index (χ3n) is 3.72. The summed E-state index contributed by atoms with van der Waals surface area (Å²) in [5, 5.41) is 10.2. The second-order valence-electron chi connectivity index (χ2n) is 5.18. The Balaban J connectivity index is 2.22. The van der Waals surface area contributed by atoms with Crippen LogP contribution < -0.4 is 5.56 Å². The van der Waals surface area contributed by atoms with Gasteiger partial charge in [0.15, 0.2) is 0 Å². The van der Waals surface area contributed by atoms with Gasteiger partial charge in [0.2, 0.25) is 0 Å². The van der Waals surface area contributed by atoms with Gasteiger partial charge in [-0.05, 0) is 31.0 Å². The molecular formula is C16H13ClN2O3S. The molecule has 0 aliphatic rings. The number of carbonyl (C=O) groups is 1. The second-order valence-corrected chi connectivity index (χ2v) is 6.59. The minimum atomic E-state index is -1.04. The number of fused-ring (bicyclic) bond motifs is 1. The van der Waals surface area contributed by atoms with Crippen molar-refractivity contribution in [2.45, 2.75) is 20.4 Å². The molecule has 0 saturated carbocycles. The summed E-state index contributed by atoms with van der Waals surface area (Å²) in [6.45, 7) is 3.67. The monoisotopic (exact) mass is 348 g/mol. The van der Waals surface area contributed by atoms with Crippen molar-refractivity contribution in [1.29, 1.82) is 0 Å². The van der Waals surface area contributed by atoms with Crippen molar-refractivity contribution in [3.05, 3.63) is 61.5 Å². The van der Waals surface area contributed by atoms with Crippen LogP contribution in [-0.4, -0.2) is 20.6 Å². The first-order chi connectivity index (χ1) is 10.9. The number of benzene rings is 1. The maximum atomic E-state index is 12.8. The molecule has 0 bridgehead atoms. The Hall–Kier alpha value is -2.18. The van der Waals surface area contributed by atoms with E-state index >= 15 is 0 Å². The lowest BCUT2D eigenvalue weighted by Gasteiger charge is -2.10. The molecule has 0 saturated heterocycles. The predicted molar refractivity (Wildman–Crippen MR) is 90.9 cm³/mol. The van der Waals surface area contributed by atoms with E-state index in [1.807, 2.05) is 18.2 Å². The van der Waals surface area contributed by atoms with Crippen molar-refractivity contribution in [3.8, 4) is 0 Å². The fourth-order valence-electron chi connectivity index (χ4n) is 2.51. The van der Waals surface area contributed by atoms with Crippen LogP contribution >= 0.6 is 22.9 Å². The van der Waals surface area contributed by atoms with E-state index in [0.717, 1.165) is 16.9 Å². The van der Waals surface area contributed by atoms with Crippen LogP contribution in [0.2, 0.25) is 5.02 Å². The molecule has 23 heavy (non-hydrogen) atoms. The van der Waals surface area contributed by atoms with Crippen LogP contribution in [0, 0.1) is 13.8 Å². The summed E-state index contributed by atoms with van der Waals surface area (Å²) in [4.78, 5) is 29.1. The minimum Gasteiger partial charge on any atom is -0.477 e. The van der Waals surface area contributed by atoms with Crippen LogP contribution in [-0.2, 0) is 6.54 Å². The number of nitrogens with zero attached hydrogens (tertiary/aromatic N) is 2. The number of halogens is 1. The molecule has 2 aromatic heterocycles. The number of hydrogen-bond donors (Lipinski definition) is 1. The topological polar surface area (TPSA) is 72.2 Å². The van der Waals surface area contributed by atoms with Crippen LogP contribution in [0.1, 0.15) is 26.6 Å². The normalized spacial score (nSPS) is 11.1. The van der Waals surface area contributed by atoms with Crippen molar-refractivity contribution in [2.24, 2.45) is 0 Å². The van der Waals surface area contributed by atoms with E-state index in [9.17, 15) is 14.7 Å². The predicted octanol–water partition coefficient (Wildman–Crippen LogP) is 3.47. The van der Waals surface area contributed by atoms with Crippen LogP contribution in [0.25, 0.3) is 10.2 Å². The zero-order valence-electron chi connectivity index (χ0n) is 12.5. The van der Waals surface area contributed by atoms with Gasteiger partial charge in [-0.1, -0.05) is 29.8 Å². The van der Waals surface area contributed by atoms with Crippen LogP contribution in [0.5, 0.6) is 0 Å². The highest BCUT2D eigenvalue weighted by molar-refractivity contribution is 7.20. The molecule has 0 aliphatic heterocycles. The molecule has 118 valence electrons. The van der Waals surface area contributed by atoms with Gasteiger partial charge in [-0.2, -0.15) is 0 Å². The van der Waals surface area contributed by atoms with E-state index < -0.39 is 5.97 Å². The van der Waals surface area contributed by atoms with E-state index in [2.05, 4.69) is 4.98 Å². The minimum absolute atomic E-state index is 0.152. The molecular weight excluding hydrogens is 336 g/mol. The average molecular weight is 349 g/mol. The molecule has 0 amide bonds. The van der Waals surface area contributed by atoms with Crippen molar-refractivity contribution in [3.63, 3.8) is 0 Å². The molecule has 7 heteroatoms. The Morgan fingerprint density at radius 1 is 1.35 bits per heavy atom. The summed E-state index contributed by atoms with van der Waals surface area (Å²) in [6.07, 6.45) is 0. The van der Waals surface area contributed by atoms with Gasteiger partial charge in [0.1, 0.15) is 15.5 Å². The highest BCUT2D eigenvalue weighted by atomic mass is 35.5. The zero-order chi connectivity index (χ0) is 16.7. The van der Waals surface area contributed by atoms with E-state index in [4.69, 9.17) is 11.6 Å². The highest BCUT2D eigenvalue weighted by Gasteiger charge is 2.20. The molecule has 0 fully saturated rings. The fraction of sp³-hybridized carbons (Fsp3) is 0.188. The lowest BCUT2D eigenvalue weighted by molar-refractivity contribution is 0.0701. The quantitative estimate of drug-likeness (QED) is 0.786.